The molecule has 0 bridgehead atoms. The molecule has 0 amide bonds. The highest BCUT2D eigenvalue weighted by atomic mass is 16.6. The van der Waals surface area contributed by atoms with Gasteiger partial charge in [0, 0.05) is 24.2 Å². The number of ketones is 1. The van der Waals surface area contributed by atoms with E-state index in [4.69, 9.17) is 4.74 Å². The summed E-state index contributed by atoms with van der Waals surface area (Å²) in [7, 11) is 0. The third kappa shape index (κ3) is 1.89. The van der Waals surface area contributed by atoms with Gasteiger partial charge in [0.2, 0.25) is 0 Å². The molecular formula is C22H28O4. The minimum absolute atomic E-state index is 0.0781. The molecule has 4 heteroatoms. The monoisotopic (exact) mass is 356 g/mol. The van der Waals surface area contributed by atoms with Crippen LogP contribution in [0.3, 0.4) is 0 Å². The van der Waals surface area contributed by atoms with E-state index in [0.29, 0.717) is 25.2 Å². The van der Waals surface area contributed by atoms with Gasteiger partial charge in [-0.3, -0.25) is 9.59 Å². The van der Waals surface area contributed by atoms with Crippen LogP contribution < -0.4 is 0 Å². The molecule has 26 heavy (non-hydrogen) atoms. The lowest BCUT2D eigenvalue weighted by molar-refractivity contribution is -0.177. The molecule has 7 atom stereocenters. The highest BCUT2D eigenvalue weighted by molar-refractivity contribution is 5.92. The lowest BCUT2D eigenvalue weighted by Crippen LogP contribution is -2.58. The summed E-state index contributed by atoms with van der Waals surface area (Å²) in [6.07, 6.45) is 11.1. The fourth-order valence-electron chi connectivity index (χ4n) is 7.41. The number of fused-ring (bicyclic) bond motifs is 6. The van der Waals surface area contributed by atoms with Crippen molar-refractivity contribution < 1.29 is 19.4 Å². The van der Waals surface area contributed by atoms with E-state index >= 15 is 0 Å². The summed E-state index contributed by atoms with van der Waals surface area (Å²) < 4.78 is 5.93. The standard InChI is InChI=1S/C22H28O4/c1-20-8-5-14(23)11-13(20)3-4-15-16-6-9-22(10-7-18(25)26-22)21(16,2)12-17(24)19(15)20/h3-4,11,15-17,19,24H,5-10,12H2,1-2H3/t15-,16-,17-,19+,20+,21+,22-/m1/s1. The molecule has 0 aromatic carbocycles. The molecule has 0 radical (unpaired) electrons. The SMILES string of the molecule is C[C@]12CCC(=O)C=C1C=C[C@H]1[C@H]2[C@H](O)C[C@@]2(C)[C@@H]1CC[C@@]21CCC(=O)O1. The highest BCUT2D eigenvalue weighted by Crippen LogP contribution is 2.68. The van der Waals surface area contributed by atoms with Crippen LogP contribution in [0, 0.1) is 28.6 Å². The van der Waals surface area contributed by atoms with Crippen LogP contribution in [0.5, 0.6) is 0 Å². The molecular weight excluding hydrogens is 328 g/mol. The first-order chi connectivity index (χ1) is 12.3. The molecule has 1 aliphatic heterocycles. The van der Waals surface area contributed by atoms with Crippen LogP contribution in [0.1, 0.15) is 58.8 Å². The quantitative estimate of drug-likeness (QED) is 0.676. The Balaban J connectivity index is 1.58. The Hall–Kier alpha value is -1.42. The summed E-state index contributed by atoms with van der Waals surface area (Å²) in [6.45, 7) is 4.48. The summed E-state index contributed by atoms with van der Waals surface area (Å²) in [4.78, 5) is 23.8. The number of carbonyl (C=O) groups excluding carboxylic acids is 2. The Labute approximate surface area is 154 Å². The van der Waals surface area contributed by atoms with Crippen molar-refractivity contribution in [1.82, 2.24) is 0 Å². The normalized spacial score (nSPS) is 52.3. The lowest BCUT2D eigenvalue weighted by atomic mass is 9.47. The van der Waals surface area contributed by atoms with Crippen LogP contribution in [0.25, 0.3) is 0 Å². The molecule has 3 fully saturated rings. The summed E-state index contributed by atoms with van der Waals surface area (Å²) in [6, 6.07) is 0. The molecule has 0 unspecified atom stereocenters. The van der Waals surface area contributed by atoms with Gasteiger partial charge in [0.05, 0.1) is 6.10 Å². The highest BCUT2D eigenvalue weighted by Gasteiger charge is 2.68. The van der Waals surface area contributed by atoms with E-state index < -0.39 is 6.10 Å². The van der Waals surface area contributed by atoms with E-state index in [0.717, 1.165) is 31.3 Å². The first-order valence-corrected chi connectivity index (χ1v) is 10.1. The van der Waals surface area contributed by atoms with Crippen LogP contribution in [-0.4, -0.2) is 28.6 Å². The van der Waals surface area contributed by atoms with Crippen molar-refractivity contribution in [2.45, 2.75) is 70.5 Å². The molecule has 0 aromatic rings. The van der Waals surface area contributed by atoms with Gasteiger partial charge in [-0.15, -0.1) is 0 Å². The van der Waals surface area contributed by atoms with Crippen LogP contribution in [-0.2, 0) is 14.3 Å². The van der Waals surface area contributed by atoms with E-state index in [1.54, 1.807) is 6.08 Å². The van der Waals surface area contributed by atoms with Gasteiger partial charge in [-0.1, -0.05) is 26.0 Å². The summed E-state index contributed by atoms with van der Waals surface area (Å²) in [5, 5.41) is 11.3. The van der Waals surface area contributed by atoms with Gasteiger partial charge in [0.1, 0.15) is 5.60 Å². The van der Waals surface area contributed by atoms with Crippen molar-refractivity contribution in [3.05, 3.63) is 23.8 Å². The molecule has 1 spiro atoms. The number of aliphatic hydroxyl groups is 1. The smallest absolute Gasteiger partial charge is 0.306 e. The molecule has 1 N–H and O–H groups in total. The molecule has 2 saturated carbocycles. The second kappa shape index (κ2) is 5.09. The molecule has 1 heterocycles. The average Bonchev–Trinajstić information content (AvgIpc) is 3.09. The zero-order valence-corrected chi connectivity index (χ0v) is 15.7. The van der Waals surface area contributed by atoms with E-state index in [1.165, 1.54) is 0 Å². The Morgan fingerprint density at radius 1 is 1.15 bits per heavy atom. The van der Waals surface area contributed by atoms with Gasteiger partial charge in [0.25, 0.3) is 0 Å². The zero-order valence-electron chi connectivity index (χ0n) is 15.7. The maximum atomic E-state index is 11.9. The Morgan fingerprint density at radius 3 is 2.69 bits per heavy atom. The molecule has 5 rings (SSSR count). The van der Waals surface area contributed by atoms with Crippen molar-refractivity contribution in [3.63, 3.8) is 0 Å². The summed E-state index contributed by atoms with van der Waals surface area (Å²) in [5.41, 5.74) is 0.425. The van der Waals surface area contributed by atoms with Crippen molar-refractivity contribution in [1.29, 1.82) is 0 Å². The first kappa shape index (κ1) is 16.7. The average molecular weight is 356 g/mol. The fourth-order valence-corrected chi connectivity index (χ4v) is 7.41. The molecule has 4 aliphatic carbocycles. The van der Waals surface area contributed by atoms with Crippen molar-refractivity contribution in [2.24, 2.45) is 28.6 Å². The maximum Gasteiger partial charge on any atom is 0.306 e. The second-order valence-corrected chi connectivity index (χ2v) is 9.75. The second-order valence-electron chi connectivity index (χ2n) is 9.75. The molecule has 4 nitrogen and oxygen atoms in total. The van der Waals surface area contributed by atoms with E-state index in [1.807, 2.05) is 0 Å². The number of hydrogen-bond donors (Lipinski definition) is 1. The van der Waals surface area contributed by atoms with E-state index in [9.17, 15) is 14.7 Å². The number of ether oxygens (including phenoxy) is 1. The van der Waals surface area contributed by atoms with Crippen molar-refractivity contribution >= 4 is 11.8 Å². The molecule has 0 aromatic heterocycles. The van der Waals surface area contributed by atoms with Crippen LogP contribution in [0.4, 0.5) is 0 Å². The van der Waals surface area contributed by atoms with Gasteiger partial charge in [0.15, 0.2) is 5.78 Å². The predicted octanol–water partition coefficient (Wildman–Crippen LogP) is 3.34. The number of carbonyl (C=O) groups is 2. The van der Waals surface area contributed by atoms with Crippen molar-refractivity contribution in [3.8, 4) is 0 Å². The molecule has 140 valence electrons. The molecule has 5 aliphatic rings. The molecule has 1 saturated heterocycles. The van der Waals surface area contributed by atoms with Gasteiger partial charge < -0.3 is 9.84 Å². The van der Waals surface area contributed by atoms with Gasteiger partial charge in [-0.05, 0) is 61.0 Å². The zero-order chi connectivity index (χ0) is 18.3. The van der Waals surface area contributed by atoms with Crippen LogP contribution in [0.2, 0.25) is 0 Å². The predicted molar refractivity (Wildman–Crippen MR) is 96.1 cm³/mol. The minimum Gasteiger partial charge on any atom is -0.458 e. The third-order valence-corrected chi connectivity index (χ3v) is 8.79. The largest absolute Gasteiger partial charge is 0.458 e. The number of hydrogen-bond acceptors (Lipinski definition) is 4. The Kier molecular flexibility index (Phi) is 3.28. The Morgan fingerprint density at radius 2 is 1.96 bits per heavy atom. The van der Waals surface area contributed by atoms with Crippen LogP contribution in [0.15, 0.2) is 23.8 Å². The lowest BCUT2D eigenvalue weighted by Gasteiger charge is -2.58. The Bertz CT molecular complexity index is 751. The fraction of sp³-hybridized carbons (Fsp3) is 0.727. The van der Waals surface area contributed by atoms with Gasteiger partial charge in [-0.2, -0.15) is 0 Å². The van der Waals surface area contributed by atoms with Crippen molar-refractivity contribution in [2.75, 3.05) is 0 Å². The van der Waals surface area contributed by atoms with E-state index in [2.05, 4.69) is 26.0 Å². The maximum absolute atomic E-state index is 11.9. The minimum atomic E-state index is -0.429. The van der Waals surface area contributed by atoms with Gasteiger partial charge in [-0.25, -0.2) is 0 Å². The number of rotatable bonds is 0. The number of allylic oxidation sites excluding steroid dienone is 4. The topological polar surface area (TPSA) is 63.6 Å². The number of esters is 1. The first-order valence-electron chi connectivity index (χ1n) is 10.1. The van der Waals surface area contributed by atoms with Crippen LogP contribution >= 0.6 is 0 Å². The van der Waals surface area contributed by atoms with Gasteiger partial charge >= 0.3 is 5.97 Å². The third-order valence-electron chi connectivity index (χ3n) is 8.79. The number of aliphatic hydroxyl groups excluding tert-OH is 1. The summed E-state index contributed by atoms with van der Waals surface area (Å²) >= 11 is 0. The summed E-state index contributed by atoms with van der Waals surface area (Å²) in [5.74, 6) is 0.989. The van der Waals surface area contributed by atoms with E-state index in [-0.39, 0.29) is 40.0 Å².